The van der Waals surface area contributed by atoms with Crippen LogP contribution in [0.5, 0.6) is 0 Å². The first-order valence-electron chi connectivity index (χ1n) is 6.54. The number of benzene rings is 1. The molecule has 5 heteroatoms. The molecule has 1 aromatic carbocycles. The molecule has 1 fully saturated rings. The van der Waals surface area contributed by atoms with Crippen LogP contribution in [0.3, 0.4) is 0 Å². The van der Waals surface area contributed by atoms with Crippen molar-refractivity contribution in [1.82, 2.24) is 5.32 Å². The van der Waals surface area contributed by atoms with Crippen LogP contribution >= 0.6 is 0 Å². The van der Waals surface area contributed by atoms with Gasteiger partial charge >= 0.3 is 6.18 Å². The number of aliphatic hydroxyl groups excluding tert-OH is 1. The van der Waals surface area contributed by atoms with Gasteiger partial charge in [-0.3, -0.25) is 0 Å². The van der Waals surface area contributed by atoms with Crippen molar-refractivity contribution >= 4 is 0 Å². The summed E-state index contributed by atoms with van der Waals surface area (Å²) in [7, 11) is 0. The van der Waals surface area contributed by atoms with Gasteiger partial charge < -0.3 is 10.4 Å². The Morgan fingerprint density at radius 1 is 1.21 bits per heavy atom. The molecular formula is C14H18F3NO. The predicted molar refractivity (Wildman–Crippen MR) is 66.5 cm³/mol. The van der Waals surface area contributed by atoms with Crippen molar-refractivity contribution in [3.8, 4) is 0 Å². The van der Waals surface area contributed by atoms with Gasteiger partial charge in [0.05, 0.1) is 11.7 Å². The Morgan fingerprint density at radius 3 is 2.63 bits per heavy atom. The van der Waals surface area contributed by atoms with E-state index in [-0.39, 0.29) is 12.1 Å². The number of rotatable bonds is 3. The lowest BCUT2D eigenvalue weighted by molar-refractivity contribution is -0.137. The Hall–Kier alpha value is -1.07. The molecule has 1 saturated carbocycles. The lowest BCUT2D eigenvalue weighted by atomic mass is 9.92. The Balaban J connectivity index is 1.96. The van der Waals surface area contributed by atoms with E-state index in [0.29, 0.717) is 12.1 Å². The average molecular weight is 273 g/mol. The van der Waals surface area contributed by atoms with Gasteiger partial charge in [0.1, 0.15) is 0 Å². The van der Waals surface area contributed by atoms with Gasteiger partial charge in [-0.15, -0.1) is 0 Å². The van der Waals surface area contributed by atoms with Crippen LogP contribution in [0.15, 0.2) is 24.3 Å². The Kier molecular flexibility index (Phi) is 4.47. The molecule has 0 spiro atoms. The normalized spacial score (nSPS) is 24.4. The molecular weight excluding hydrogens is 255 g/mol. The molecule has 0 radical (unpaired) electrons. The smallest absolute Gasteiger partial charge is 0.392 e. The van der Waals surface area contributed by atoms with Gasteiger partial charge in [-0.05, 0) is 24.5 Å². The first-order valence-corrected chi connectivity index (χ1v) is 6.54. The van der Waals surface area contributed by atoms with Gasteiger partial charge in [0.2, 0.25) is 0 Å². The van der Waals surface area contributed by atoms with E-state index in [4.69, 9.17) is 0 Å². The van der Waals surface area contributed by atoms with E-state index in [1.54, 1.807) is 6.07 Å². The fraction of sp³-hybridized carbons (Fsp3) is 0.571. The van der Waals surface area contributed by atoms with Crippen LogP contribution in [0.1, 0.15) is 36.8 Å². The maximum Gasteiger partial charge on any atom is 0.416 e. The molecule has 0 amide bonds. The summed E-state index contributed by atoms with van der Waals surface area (Å²) in [6, 6.07) is 5.29. The Bertz CT molecular complexity index is 419. The van der Waals surface area contributed by atoms with Crippen molar-refractivity contribution < 1.29 is 18.3 Å². The summed E-state index contributed by atoms with van der Waals surface area (Å²) in [6.45, 7) is 0.353. The molecule has 2 unspecified atom stereocenters. The summed E-state index contributed by atoms with van der Waals surface area (Å²) in [6.07, 6.45) is -0.986. The third kappa shape index (κ3) is 3.94. The lowest BCUT2D eigenvalue weighted by Crippen LogP contribution is -2.41. The summed E-state index contributed by atoms with van der Waals surface area (Å²) >= 11 is 0. The monoisotopic (exact) mass is 273 g/mol. The first-order chi connectivity index (χ1) is 8.97. The fourth-order valence-corrected chi connectivity index (χ4v) is 2.46. The number of halogens is 3. The summed E-state index contributed by atoms with van der Waals surface area (Å²) in [5.74, 6) is 0. The van der Waals surface area contributed by atoms with Gasteiger partial charge in [0.25, 0.3) is 0 Å². The minimum absolute atomic E-state index is 0.0108. The van der Waals surface area contributed by atoms with E-state index < -0.39 is 11.7 Å². The van der Waals surface area contributed by atoms with Crippen LogP contribution in [0.4, 0.5) is 13.2 Å². The highest BCUT2D eigenvalue weighted by Crippen LogP contribution is 2.29. The molecule has 1 aliphatic rings. The third-order valence-electron chi connectivity index (χ3n) is 3.55. The molecule has 1 aromatic rings. The van der Waals surface area contributed by atoms with Crippen molar-refractivity contribution in [3.63, 3.8) is 0 Å². The Labute approximate surface area is 110 Å². The molecule has 106 valence electrons. The fourth-order valence-electron chi connectivity index (χ4n) is 2.46. The average Bonchev–Trinajstić information content (AvgIpc) is 2.37. The highest BCUT2D eigenvalue weighted by atomic mass is 19.4. The second-order valence-corrected chi connectivity index (χ2v) is 5.04. The largest absolute Gasteiger partial charge is 0.416 e. The minimum Gasteiger partial charge on any atom is -0.392 e. The zero-order chi connectivity index (χ0) is 13.9. The molecule has 19 heavy (non-hydrogen) atoms. The van der Waals surface area contributed by atoms with E-state index >= 15 is 0 Å². The zero-order valence-electron chi connectivity index (χ0n) is 10.6. The molecule has 0 heterocycles. The molecule has 0 aromatic heterocycles. The van der Waals surface area contributed by atoms with E-state index in [0.717, 1.165) is 37.8 Å². The highest BCUT2D eigenvalue weighted by Gasteiger charge is 2.30. The SMILES string of the molecule is OC1CCCCC1NCc1cccc(C(F)(F)F)c1. The molecule has 0 saturated heterocycles. The number of hydrogen-bond donors (Lipinski definition) is 2. The van der Waals surface area contributed by atoms with E-state index in [1.807, 2.05) is 0 Å². The topological polar surface area (TPSA) is 32.3 Å². The van der Waals surface area contributed by atoms with Crippen LogP contribution in [-0.2, 0) is 12.7 Å². The van der Waals surface area contributed by atoms with Crippen molar-refractivity contribution in [2.75, 3.05) is 0 Å². The molecule has 0 bridgehead atoms. The van der Waals surface area contributed by atoms with Crippen molar-refractivity contribution in [2.45, 2.75) is 50.6 Å². The maximum absolute atomic E-state index is 12.6. The number of nitrogens with one attached hydrogen (secondary N) is 1. The van der Waals surface area contributed by atoms with Gasteiger partial charge in [0, 0.05) is 12.6 Å². The second-order valence-electron chi connectivity index (χ2n) is 5.04. The van der Waals surface area contributed by atoms with Crippen molar-refractivity contribution in [2.24, 2.45) is 0 Å². The maximum atomic E-state index is 12.6. The molecule has 0 aliphatic heterocycles. The standard InChI is InChI=1S/C14H18F3NO/c15-14(16,17)11-5-3-4-10(8-11)9-18-12-6-1-2-7-13(12)19/h3-5,8,12-13,18-19H,1-2,6-7,9H2. The summed E-state index contributed by atoms with van der Waals surface area (Å²) in [4.78, 5) is 0. The van der Waals surface area contributed by atoms with Crippen LogP contribution in [-0.4, -0.2) is 17.3 Å². The number of aliphatic hydroxyl groups is 1. The first kappa shape index (κ1) is 14.3. The molecule has 2 rings (SSSR count). The second kappa shape index (κ2) is 5.92. The Morgan fingerprint density at radius 2 is 1.95 bits per heavy atom. The molecule has 2 atom stereocenters. The van der Waals surface area contributed by atoms with Crippen molar-refractivity contribution in [1.29, 1.82) is 0 Å². The molecule has 1 aliphatic carbocycles. The lowest BCUT2D eigenvalue weighted by Gasteiger charge is -2.28. The van der Waals surface area contributed by atoms with Gasteiger partial charge in [-0.2, -0.15) is 13.2 Å². The van der Waals surface area contributed by atoms with E-state index in [1.165, 1.54) is 6.07 Å². The summed E-state index contributed by atoms with van der Waals surface area (Å²) in [5, 5.41) is 12.9. The zero-order valence-corrected chi connectivity index (χ0v) is 10.6. The summed E-state index contributed by atoms with van der Waals surface area (Å²) < 4.78 is 37.7. The summed E-state index contributed by atoms with van der Waals surface area (Å²) in [5.41, 5.74) is -0.0383. The van der Waals surface area contributed by atoms with Gasteiger partial charge in [-0.1, -0.05) is 31.0 Å². The van der Waals surface area contributed by atoms with E-state index in [9.17, 15) is 18.3 Å². The van der Waals surface area contributed by atoms with Crippen LogP contribution in [0.2, 0.25) is 0 Å². The van der Waals surface area contributed by atoms with Crippen molar-refractivity contribution in [3.05, 3.63) is 35.4 Å². The van der Waals surface area contributed by atoms with Gasteiger partial charge in [-0.25, -0.2) is 0 Å². The third-order valence-corrected chi connectivity index (χ3v) is 3.55. The predicted octanol–water partition coefficient (Wildman–Crippen LogP) is 3.10. The minimum atomic E-state index is -4.31. The number of alkyl halides is 3. The number of hydrogen-bond acceptors (Lipinski definition) is 2. The quantitative estimate of drug-likeness (QED) is 0.887. The molecule has 2 nitrogen and oxygen atoms in total. The van der Waals surface area contributed by atoms with Crippen LogP contribution in [0, 0.1) is 0 Å². The molecule has 2 N–H and O–H groups in total. The van der Waals surface area contributed by atoms with Crippen LogP contribution in [0.25, 0.3) is 0 Å². The van der Waals surface area contributed by atoms with Gasteiger partial charge in [0.15, 0.2) is 0 Å². The van der Waals surface area contributed by atoms with E-state index in [2.05, 4.69) is 5.32 Å². The highest BCUT2D eigenvalue weighted by molar-refractivity contribution is 5.25. The van der Waals surface area contributed by atoms with Crippen LogP contribution < -0.4 is 5.32 Å².